The molecule has 1 aromatic heterocycles. The van der Waals surface area contributed by atoms with Gasteiger partial charge in [0.15, 0.2) is 5.75 Å². The number of methoxy groups -OCH3 is 2. The Balaban J connectivity index is 1.30. The molecule has 0 amide bonds. The SMILES string of the molecule is COc1ccc(-c2sc3cc(OC)ccc3c2Oc2ccc(SOCCN3CCCCC3)cc2)cc1. The van der Waals surface area contributed by atoms with Crippen LogP contribution in [-0.4, -0.2) is 45.4 Å². The molecule has 0 atom stereocenters. The second-order valence-corrected chi connectivity index (χ2v) is 10.7. The Morgan fingerprint density at radius 3 is 2.22 bits per heavy atom. The Labute approximate surface area is 221 Å². The van der Waals surface area contributed by atoms with Gasteiger partial charge in [0.2, 0.25) is 0 Å². The largest absolute Gasteiger partial charge is 0.497 e. The summed E-state index contributed by atoms with van der Waals surface area (Å²) in [5.41, 5.74) is 1.08. The van der Waals surface area contributed by atoms with Crippen molar-refractivity contribution in [3.05, 3.63) is 66.7 Å². The molecular weight excluding hydrogens is 490 g/mol. The summed E-state index contributed by atoms with van der Waals surface area (Å²) in [4.78, 5) is 4.62. The molecular formula is C29H31NO4S2. The standard InChI is InChI=1S/C29H31NO4S2/c1-31-22-8-6-21(7-9-22)29-28(26-15-12-24(32-2)20-27(26)35-29)34-23-10-13-25(14-11-23)36-33-19-18-30-16-4-3-5-17-30/h6-15,20H,3-5,16-19H2,1-2H3. The van der Waals surface area contributed by atoms with Gasteiger partial charge in [-0.05, 0) is 98.2 Å². The van der Waals surface area contributed by atoms with E-state index >= 15 is 0 Å². The van der Waals surface area contributed by atoms with E-state index in [1.54, 1.807) is 25.6 Å². The van der Waals surface area contributed by atoms with Gasteiger partial charge in [-0.15, -0.1) is 11.3 Å². The van der Waals surface area contributed by atoms with Crippen molar-refractivity contribution in [2.75, 3.05) is 40.5 Å². The molecule has 1 aliphatic heterocycles. The van der Waals surface area contributed by atoms with Gasteiger partial charge in [-0.25, -0.2) is 0 Å². The van der Waals surface area contributed by atoms with Gasteiger partial charge < -0.3 is 23.3 Å². The number of rotatable bonds is 10. The zero-order valence-corrected chi connectivity index (χ0v) is 22.3. The Bertz CT molecular complexity index is 1270. The number of ether oxygens (including phenoxy) is 3. The molecule has 0 N–H and O–H groups in total. The number of thiophene rings is 1. The van der Waals surface area contributed by atoms with Gasteiger partial charge in [-0.1, -0.05) is 6.42 Å². The van der Waals surface area contributed by atoms with Gasteiger partial charge in [0.05, 0.1) is 25.7 Å². The van der Waals surface area contributed by atoms with Crippen LogP contribution >= 0.6 is 23.4 Å². The molecule has 3 aromatic carbocycles. The highest BCUT2D eigenvalue weighted by molar-refractivity contribution is 7.94. The van der Waals surface area contributed by atoms with Crippen molar-refractivity contribution in [2.24, 2.45) is 0 Å². The van der Waals surface area contributed by atoms with E-state index in [9.17, 15) is 0 Å². The molecule has 0 aliphatic carbocycles. The second kappa shape index (κ2) is 12.0. The molecule has 188 valence electrons. The van der Waals surface area contributed by atoms with Gasteiger partial charge in [0.1, 0.15) is 17.2 Å². The van der Waals surface area contributed by atoms with E-state index in [1.165, 1.54) is 44.4 Å². The number of fused-ring (bicyclic) bond motifs is 1. The minimum atomic E-state index is 0.735. The predicted octanol–water partition coefficient (Wildman–Crippen LogP) is 7.89. The number of piperidine rings is 1. The molecule has 0 unspecified atom stereocenters. The summed E-state index contributed by atoms with van der Waals surface area (Å²) in [7, 11) is 3.37. The Morgan fingerprint density at radius 1 is 0.806 bits per heavy atom. The zero-order chi connectivity index (χ0) is 24.7. The third-order valence-electron chi connectivity index (χ3n) is 6.34. The van der Waals surface area contributed by atoms with Crippen molar-refractivity contribution in [3.63, 3.8) is 0 Å². The molecule has 7 heteroatoms. The Morgan fingerprint density at radius 2 is 1.50 bits per heavy atom. The van der Waals surface area contributed by atoms with Crippen LogP contribution in [0.2, 0.25) is 0 Å². The van der Waals surface area contributed by atoms with Crippen molar-refractivity contribution in [1.82, 2.24) is 4.90 Å². The average molecular weight is 522 g/mol. The highest BCUT2D eigenvalue weighted by Gasteiger charge is 2.17. The van der Waals surface area contributed by atoms with Gasteiger partial charge >= 0.3 is 0 Å². The Hall–Kier alpha value is -2.71. The predicted molar refractivity (Wildman–Crippen MR) is 149 cm³/mol. The summed E-state index contributed by atoms with van der Waals surface area (Å²) in [5.74, 6) is 3.30. The lowest BCUT2D eigenvalue weighted by atomic mass is 10.1. The van der Waals surface area contributed by atoms with Gasteiger partial charge in [0.25, 0.3) is 0 Å². The minimum absolute atomic E-state index is 0.735. The fraction of sp³-hybridized carbons (Fsp3) is 0.310. The van der Waals surface area contributed by atoms with Crippen LogP contribution in [0.25, 0.3) is 20.5 Å². The van der Waals surface area contributed by atoms with E-state index < -0.39 is 0 Å². The number of likely N-dealkylation sites (tertiary alicyclic amines) is 1. The summed E-state index contributed by atoms with van der Waals surface area (Å²) in [5, 5.41) is 1.06. The number of benzene rings is 3. The van der Waals surface area contributed by atoms with E-state index in [0.717, 1.165) is 61.6 Å². The third-order valence-corrected chi connectivity index (χ3v) is 8.27. The molecule has 36 heavy (non-hydrogen) atoms. The summed E-state index contributed by atoms with van der Waals surface area (Å²) in [6, 6.07) is 22.3. The first kappa shape index (κ1) is 25.0. The van der Waals surface area contributed by atoms with Crippen LogP contribution in [0.5, 0.6) is 23.0 Å². The van der Waals surface area contributed by atoms with Gasteiger partial charge in [-0.3, -0.25) is 0 Å². The quantitative estimate of drug-likeness (QED) is 0.156. The topological polar surface area (TPSA) is 40.2 Å². The molecule has 5 nitrogen and oxygen atoms in total. The summed E-state index contributed by atoms with van der Waals surface area (Å²) in [6.07, 6.45) is 3.97. The lowest BCUT2D eigenvalue weighted by Crippen LogP contribution is -2.32. The lowest BCUT2D eigenvalue weighted by molar-refractivity contribution is 0.194. The first-order chi connectivity index (χ1) is 17.7. The van der Waals surface area contributed by atoms with Crippen LogP contribution in [0.15, 0.2) is 71.6 Å². The van der Waals surface area contributed by atoms with Gasteiger partial charge in [0, 0.05) is 33.6 Å². The number of hydrogen-bond acceptors (Lipinski definition) is 7. The van der Waals surface area contributed by atoms with Crippen LogP contribution in [-0.2, 0) is 4.18 Å². The highest BCUT2D eigenvalue weighted by Crippen LogP contribution is 2.47. The molecule has 1 fully saturated rings. The number of nitrogens with zero attached hydrogens (tertiary/aromatic N) is 1. The van der Waals surface area contributed by atoms with Crippen LogP contribution in [0, 0.1) is 0 Å². The zero-order valence-electron chi connectivity index (χ0n) is 20.7. The van der Waals surface area contributed by atoms with E-state index in [4.69, 9.17) is 18.4 Å². The maximum absolute atomic E-state index is 6.49. The molecule has 0 saturated carbocycles. The lowest BCUT2D eigenvalue weighted by Gasteiger charge is -2.25. The maximum Gasteiger partial charge on any atom is 0.153 e. The summed E-state index contributed by atoms with van der Waals surface area (Å²) < 4.78 is 24.2. The third kappa shape index (κ3) is 5.98. The van der Waals surface area contributed by atoms with E-state index in [-0.39, 0.29) is 0 Å². The summed E-state index contributed by atoms with van der Waals surface area (Å²) >= 11 is 3.12. The second-order valence-electron chi connectivity index (χ2n) is 8.73. The fourth-order valence-electron chi connectivity index (χ4n) is 4.35. The normalized spacial score (nSPS) is 14.2. The Kier molecular flexibility index (Phi) is 8.33. The first-order valence-corrected chi connectivity index (χ1v) is 13.8. The van der Waals surface area contributed by atoms with Crippen LogP contribution in [0.3, 0.4) is 0 Å². The van der Waals surface area contributed by atoms with Crippen molar-refractivity contribution < 1.29 is 18.4 Å². The maximum atomic E-state index is 6.49. The average Bonchev–Trinajstić information content (AvgIpc) is 3.29. The molecule has 0 bridgehead atoms. The molecule has 0 spiro atoms. The molecule has 4 aromatic rings. The minimum Gasteiger partial charge on any atom is -0.497 e. The van der Waals surface area contributed by atoms with E-state index in [1.807, 2.05) is 42.5 Å². The summed E-state index contributed by atoms with van der Waals surface area (Å²) in [6.45, 7) is 4.13. The van der Waals surface area contributed by atoms with Crippen LogP contribution in [0.4, 0.5) is 0 Å². The molecule has 5 rings (SSSR count). The highest BCUT2D eigenvalue weighted by atomic mass is 32.2. The molecule has 0 radical (unpaired) electrons. The van der Waals surface area contributed by atoms with Crippen molar-refractivity contribution in [1.29, 1.82) is 0 Å². The van der Waals surface area contributed by atoms with E-state index in [0.29, 0.717) is 0 Å². The monoisotopic (exact) mass is 521 g/mol. The first-order valence-electron chi connectivity index (χ1n) is 12.3. The van der Waals surface area contributed by atoms with Crippen molar-refractivity contribution >= 4 is 33.5 Å². The van der Waals surface area contributed by atoms with Gasteiger partial charge in [-0.2, -0.15) is 0 Å². The molecule has 1 aliphatic rings. The van der Waals surface area contributed by atoms with E-state index in [2.05, 4.69) is 29.2 Å². The van der Waals surface area contributed by atoms with Crippen LogP contribution in [0.1, 0.15) is 19.3 Å². The van der Waals surface area contributed by atoms with Crippen LogP contribution < -0.4 is 14.2 Å². The molecule has 1 saturated heterocycles. The van der Waals surface area contributed by atoms with Crippen molar-refractivity contribution in [2.45, 2.75) is 24.2 Å². The number of hydrogen-bond donors (Lipinski definition) is 0. The fourth-order valence-corrected chi connectivity index (χ4v) is 6.06. The van der Waals surface area contributed by atoms with Crippen molar-refractivity contribution in [3.8, 4) is 33.4 Å². The smallest absolute Gasteiger partial charge is 0.153 e. The molecule has 2 heterocycles.